The Morgan fingerprint density at radius 3 is 1.85 bits per heavy atom. The minimum atomic E-state index is -1.43. The number of nitrogens with zero attached hydrogens (tertiary/aromatic N) is 2. The van der Waals surface area contributed by atoms with E-state index in [1.54, 1.807) is 0 Å². The van der Waals surface area contributed by atoms with Gasteiger partial charge in [0.25, 0.3) is 0 Å². The summed E-state index contributed by atoms with van der Waals surface area (Å²) in [6.07, 6.45) is 3.45. The van der Waals surface area contributed by atoms with Crippen LogP contribution in [0, 0.1) is 0 Å². The molecule has 2 nitrogen and oxygen atoms in total. The molecule has 3 rings (SSSR count). The van der Waals surface area contributed by atoms with Gasteiger partial charge < -0.3 is 9.47 Å². The van der Waals surface area contributed by atoms with E-state index in [4.69, 9.17) is 0 Å². The largest absolute Gasteiger partial charge is 0.341 e. The van der Waals surface area contributed by atoms with Gasteiger partial charge in [0.15, 0.2) is 0 Å². The lowest BCUT2D eigenvalue weighted by Crippen LogP contribution is -2.53. The van der Waals surface area contributed by atoms with Gasteiger partial charge in [-0.1, -0.05) is 70.3 Å². The Bertz CT molecular complexity index is 728. The van der Waals surface area contributed by atoms with Crippen LogP contribution in [-0.2, 0) is 12.8 Å². The standard InChI is InChI=1S/C24H36N2Si/c1-24(2,3)27(5,6)25(4)18-11-19-26-22-14-9-7-12-20(22)16-17-21-13-8-10-15-23(21)26/h7-10,12-15H,11,16-19H2,1-6H3. The summed E-state index contributed by atoms with van der Waals surface area (Å²) >= 11 is 0. The highest BCUT2D eigenvalue weighted by atomic mass is 28.3. The van der Waals surface area contributed by atoms with Crippen molar-refractivity contribution < 1.29 is 0 Å². The summed E-state index contributed by atoms with van der Waals surface area (Å²) in [6.45, 7) is 14.4. The van der Waals surface area contributed by atoms with Gasteiger partial charge in [-0.25, -0.2) is 0 Å². The Labute approximate surface area is 167 Å². The van der Waals surface area contributed by atoms with Gasteiger partial charge in [0.05, 0.1) is 0 Å². The molecule has 0 atom stereocenters. The van der Waals surface area contributed by atoms with Crippen LogP contribution in [0.4, 0.5) is 11.4 Å². The molecule has 27 heavy (non-hydrogen) atoms. The fraction of sp³-hybridized carbons (Fsp3) is 0.500. The first-order chi connectivity index (χ1) is 12.7. The number of hydrogen-bond acceptors (Lipinski definition) is 2. The van der Waals surface area contributed by atoms with Gasteiger partial charge in [0.2, 0.25) is 0 Å². The van der Waals surface area contributed by atoms with Crippen molar-refractivity contribution in [3.05, 3.63) is 59.7 Å². The molecule has 0 amide bonds. The molecule has 0 spiro atoms. The zero-order chi connectivity index (χ0) is 19.7. The van der Waals surface area contributed by atoms with Crippen molar-refractivity contribution in [2.45, 2.75) is 58.2 Å². The second kappa shape index (κ2) is 7.81. The van der Waals surface area contributed by atoms with Gasteiger partial charge in [-0.15, -0.1) is 0 Å². The van der Waals surface area contributed by atoms with Crippen LogP contribution in [0.25, 0.3) is 0 Å². The van der Waals surface area contributed by atoms with E-state index in [1.807, 2.05) is 0 Å². The van der Waals surface area contributed by atoms with Crippen LogP contribution >= 0.6 is 0 Å². The lowest BCUT2D eigenvalue weighted by atomic mass is 10.0. The summed E-state index contributed by atoms with van der Waals surface area (Å²) in [5.74, 6) is 0. The van der Waals surface area contributed by atoms with Crippen LogP contribution in [0.3, 0.4) is 0 Å². The molecule has 0 aromatic heterocycles. The third-order valence-corrected chi connectivity index (χ3v) is 12.7. The minimum Gasteiger partial charge on any atom is -0.341 e. The van der Waals surface area contributed by atoms with Crippen molar-refractivity contribution >= 4 is 19.6 Å². The number of benzene rings is 2. The summed E-state index contributed by atoms with van der Waals surface area (Å²) in [4.78, 5) is 2.57. The maximum absolute atomic E-state index is 2.67. The highest BCUT2D eigenvalue weighted by Crippen LogP contribution is 2.38. The SMILES string of the molecule is CN(CCCN1c2ccccc2CCc2ccccc21)[Si](C)(C)C(C)(C)C. The molecular weight excluding hydrogens is 344 g/mol. The van der Waals surface area contributed by atoms with E-state index in [9.17, 15) is 0 Å². The highest BCUT2D eigenvalue weighted by Gasteiger charge is 2.38. The Morgan fingerprint density at radius 2 is 1.37 bits per heavy atom. The lowest BCUT2D eigenvalue weighted by molar-refractivity contribution is 0.460. The molecule has 0 radical (unpaired) electrons. The van der Waals surface area contributed by atoms with E-state index >= 15 is 0 Å². The topological polar surface area (TPSA) is 6.48 Å². The van der Waals surface area contributed by atoms with Gasteiger partial charge in [-0.05, 0) is 61.2 Å². The monoisotopic (exact) mass is 380 g/mol. The molecule has 1 heterocycles. The Kier molecular flexibility index (Phi) is 5.83. The zero-order valence-corrected chi connectivity index (χ0v) is 19.0. The molecule has 1 aliphatic rings. The number of para-hydroxylation sites is 2. The molecule has 0 unspecified atom stereocenters. The van der Waals surface area contributed by atoms with Gasteiger partial charge in [0, 0.05) is 17.9 Å². The number of rotatable bonds is 5. The van der Waals surface area contributed by atoms with Crippen LogP contribution < -0.4 is 4.90 Å². The first-order valence-electron chi connectivity index (χ1n) is 10.4. The number of fused-ring (bicyclic) bond motifs is 2. The van der Waals surface area contributed by atoms with Gasteiger partial charge in [0.1, 0.15) is 8.24 Å². The molecule has 2 aromatic rings. The Hall–Kier alpha value is -1.58. The van der Waals surface area contributed by atoms with E-state index in [2.05, 4.69) is 98.9 Å². The van der Waals surface area contributed by atoms with Crippen molar-refractivity contribution in [3.63, 3.8) is 0 Å². The highest BCUT2D eigenvalue weighted by molar-refractivity contribution is 6.77. The molecule has 0 saturated carbocycles. The normalized spacial score (nSPS) is 14.7. The fourth-order valence-corrected chi connectivity index (χ4v) is 5.79. The zero-order valence-electron chi connectivity index (χ0n) is 18.0. The fourth-order valence-electron chi connectivity index (χ4n) is 3.93. The van der Waals surface area contributed by atoms with Crippen molar-refractivity contribution in [2.24, 2.45) is 0 Å². The van der Waals surface area contributed by atoms with Crippen molar-refractivity contribution in [1.82, 2.24) is 4.57 Å². The summed E-state index contributed by atoms with van der Waals surface area (Å²) in [7, 11) is 0.902. The number of aryl methyl sites for hydroxylation is 2. The van der Waals surface area contributed by atoms with Gasteiger partial charge in [-0.2, -0.15) is 0 Å². The van der Waals surface area contributed by atoms with E-state index < -0.39 is 8.24 Å². The van der Waals surface area contributed by atoms with Crippen LogP contribution in [-0.4, -0.2) is 32.9 Å². The molecule has 0 aliphatic carbocycles. The van der Waals surface area contributed by atoms with Crippen LogP contribution in [0.2, 0.25) is 18.1 Å². The smallest absolute Gasteiger partial charge is 0.127 e. The third-order valence-electron chi connectivity index (χ3n) is 6.89. The van der Waals surface area contributed by atoms with Crippen LogP contribution in [0.5, 0.6) is 0 Å². The second-order valence-electron chi connectivity index (χ2n) is 9.49. The summed E-state index contributed by atoms with van der Waals surface area (Å²) in [5, 5.41) is 0.392. The van der Waals surface area contributed by atoms with E-state index in [1.165, 1.54) is 28.9 Å². The van der Waals surface area contributed by atoms with Crippen LogP contribution in [0.15, 0.2) is 48.5 Å². The molecule has 1 aliphatic heterocycles. The molecule has 0 bridgehead atoms. The quantitative estimate of drug-likeness (QED) is 0.566. The van der Waals surface area contributed by atoms with Gasteiger partial charge >= 0.3 is 0 Å². The summed E-state index contributed by atoms with van der Waals surface area (Å²) in [6, 6.07) is 17.9. The van der Waals surface area contributed by atoms with Crippen LogP contribution in [0.1, 0.15) is 38.3 Å². The average molecular weight is 381 g/mol. The summed E-state index contributed by atoms with van der Waals surface area (Å²) < 4.78 is 2.67. The molecule has 3 heteroatoms. The van der Waals surface area contributed by atoms with E-state index in [0.29, 0.717) is 5.04 Å². The van der Waals surface area contributed by atoms with Gasteiger partial charge in [-0.3, -0.25) is 0 Å². The third kappa shape index (κ3) is 4.14. The first kappa shape index (κ1) is 20.2. The molecule has 0 N–H and O–H groups in total. The van der Waals surface area contributed by atoms with Crippen molar-refractivity contribution in [1.29, 1.82) is 0 Å². The molecular formula is C24H36N2Si. The number of anilines is 2. The molecule has 2 aromatic carbocycles. The Balaban J connectivity index is 1.79. The molecule has 0 saturated heterocycles. The molecule has 146 valence electrons. The summed E-state index contributed by atoms with van der Waals surface area (Å²) in [5.41, 5.74) is 5.76. The maximum atomic E-state index is 2.67. The predicted molar refractivity (Wildman–Crippen MR) is 122 cm³/mol. The maximum Gasteiger partial charge on any atom is 0.127 e. The second-order valence-corrected chi connectivity index (χ2v) is 14.9. The number of hydrogen-bond donors (Lipinski definition) is 0. The van der Waals surface area contributed by atoms with E-state index in [-0.39, 0.29) is 0 Å². The lowest BCUT2D eigenvalue weighted by Gasteiger charge is -2.44. The van der Waals surface area contributed by atoms with Crippen molar-refractivity contribution in [2.75, 3.05) is 25.0 Å². The minimum absolute atomic E-state index is 0.392. The van der Waals surface area contributed by atoms with E-state index in [0.717, 1.165) is 25.9 Å². The Morgan fingerprint density at radius 1 is 0.889 bits per heavy atom. The first-order valence-corrected chi connectivity index (χ1v) is 13.3. The predicted octanol–water partition coefficient (Wildman–Crippen LogP) is 6.25. The molecule has 0 fully saturated rings. The average Bonchev–Trinajstić information content (AvgIpc) is 2.78. The van der Waals surface area contributed by atoms with Crippen molar-refractivity contribution in [3.8, 4) is 0 Å².